The first-order valence-corrected chi connectivity index (χ1v) is 11.4. The van der Waals surface area contributed by atoms with E-state index in [9.17, 15) is 9.00 Å². The van der Waals surface area contributed by atoms with Crippen molar-refractivity contribution in [2.75, 3.05) is 33.4 Å². The lowest BCUT2D eigenvalue weighted by Crippen LogP contribution is -2.51. The lowest BCUT2D eigenvalue weighted by atomic mass is 9.84. The molecule has 2 rings (SSSR count). The molecule has 2 fully saturated rings. The molecule has 2 N–H and O–H groups in total. The molecule has 26 heavy (non-hydrogen) atoms. The monoisotopic (exact) mass is 384 g/mol. The fourth-order valence-corrected chi connectivity index (χ4v) is 5.73. The fraction of sp³-hybridized carbons (Fsp3) is 0.895. The fourth-order valence-electron chi connectivity index (χ4n) is 4.38. The van der Waals surface area contributed by atoms with Crippen molar-refractivity contribution in [2.24, 2.45) is 10.4 Å². The first kappa shape index (κ1) is 21.2. The second-order valence-electron chi connectivity index (χ2n) is 7.91. The number of rotatable bonds is 6. The molecule has 3 atom stereocenters. The molecule has 2 saturated carbocycles. The minimum absolute atomic E-state index is 0.217. The van der Waals surface area contributed by atoms with Gasteiger partial charge in [0.15, 0.2) is 5.96 Å². The maximum Gasteiger partial charge on any atom is 0.230 e. The van der Waals surface area contributed by atoms with Crippen LogP contribution in [0.1, 0.15) is 58.3 Å². The van der Waals surface area contributed by atoms with E-state index < -0.39 is 10.8 Å². The van der Waals surface area contributed by atoms with Crippen LogP contribution in [0.3, 0.4) is 0 Å². The number of hydrogen-bond donors (Lipinski definition) is 2. The number of nitrogens with one attached hydrogen (secondary N) is 2. The number of hydrogen-bond acceptors (Lipinski definition) is 3. The van der Waals surface area contributed by atoms with E-state index in [1.165, 1.54) is 0 Å². The van der Waals surface area contributed by atoms with Gasteiger partial charge in [-0.2, -0.15) is 0 Å². The Kier molecular flexibility index (Phi) is 7.92. The van der Waals surface area contributed by atoms with Gasteiger partial charge in [0.05, 0.1) is 5.41 Å². The van der Waals surface area contributed by atoms with Crippen LogP contribution in [0.5, 0.6) is 0 Å². The Bertz CT molecular complexity index is 530. The lowest BCUT2D eigenvalue weighted by Gasteiger charge is -2.33. The molecule has 0 aromatic heterocycles. The van der Waals surface area contributed by atoms with Crippen LogP contribution < -0.4 is 10.6 Å². The minimum atomic E-state index is -0.725. The molecule has 0 aromatic rings. The molecule has 0 heterocycles. The van der Waals surface area contributed by atoms with Gasteiger partial charge >= 0.3 is 0 Å². The molecule has 0 aliphatic heterocycles. The highest BCUT2D eigenvalue weighted by atomic mass is 32.2. The van der Waals surface area contributed by atoms with E-state index in [2.05, 4.69) is 15.6 Å². The Labute approximate surface area is 161 Å². The van der Waals surface area contributed by atoms with Crippen molar-refractivity contribution in [1.82, 2.24) is 15.5 Å². The van der Waals surface area contributed by atoms with Crippen LogP contribution in [0.4, 0.5) is 0 Å². The van der Waals surface area contributed by atoms with Gasteiger partial charge in [-0.1, -0.05) is 26.2 Å². The zero-order valence-corrected chi connectivity index (χ0v) is 17.7. The highest BCUT2D eigenvalue weighted by molar-refractivity contribution is 7.85. The Morgan fingerprint density at radius 2 is 1.92 bits per heavy atom. The van der Waals surface area contributed by atoms with E-state index in [4.69, 9.17) is 0 Å². The molecule has 2 aliphatic rings. The SMILES string of the molecule is CCS(=O)C1CCCC(NC(=NC)NCC2(C(=O)N(C)C)CCCC2)C1. The summed E-state index contributed by atoms with van der Waals surface area (Å²) in [4.78, 5) is 18.8. The summed E-state index contributed by atoms with van der Waals surface area (Å²) in [6, 6.07) is 0.305. The molecule has 0 spiro atoms. The molecule has 2 aliphatic carbocycles. The lowest BCUT2D eigenvalue weighted by molar-refractivity contribution is -0.138. The van der Waals surface area contributed by atoms with Crippen LogP contribution in [0, 0.1) is 5.41 Å². The summed E-state index contributed by atoms with van der Waals surface area (Å²) in [5.41, 5.74) is -0.306. The average molecular weight is 385 g/mol. The van der Waals surface area contributed by atoms with Gasteiger partial charge in [0.1, 0.15) is 0 Å². The third-order valence-corrected chi connectivity index (χ3v) is 7.60. The third kappa shape index (κ3) is 5.21. The maximum absolute atomic E-state index is 12.7. The van der Waals surface area contributed by atoms with Gasteiger partial charge in [-0.05, 0) is 32.1 Å². The van der Waals surface area contributed by atoms with Crippen molar-refractivity contribution in [2.45, 2.75) is 69.6 Å². The molecule has 0 radical (unpaired) electrons. The van der Waals surface area contributed by atoms with E-state index in [-0.39, 0.29) is 11.3 Å². The van der Waals surface area contributed by atoms with Gasteiger partial charge in [0, 0.05) is 55.5 Å². The number of carbonyl (C=O) groups is 1. The van der Waals surface area contributed by atoms with Crippen molar-refractivity contribution in [1.29, 1.82) is 0 Å². The second-order valence-corrected chi connectivity index (χ2v) is 9.92. The van der Waals surface area contributed by atoms with Gasteiger partial charge in [-0.3, -0.25) is 14.0 Å². The molecule has 7 heteroatoms. The second kappa shape index (κ2) is 9.72. The number of amides is 1. The van der Waals surface area contributed by atoms with E-state index in [1.54, 1.807) is 11.9 Å². The molecular weight excluding hydrogens is 348 g/mol. The molecule has 0 aromatic carbocycles. The summed E-state index contributed by atoms with van der Waals surface area (Å²) in [6.07, 6.45) is 8.28. The number of aliphatic imine (C=N–C) groups is 1. The molecular formula is C19H36N4O2S. The van der Waals surface area contributed by atoms with Crippen LogP contribution in [-0.4, -0.2) is 65.7 Å². The topological polar surface area (TPSA) is 73.8 Å². The zero-order chi connectivity index (χ0) is 19.2. The Morgan fingerprint density at radius 1 is 1.23 bits per heavy atom. The summed E-state index contributed by atoms with van der Waals surface area (Å²) in [7, 11) is 4.73. The molecule has 1 amide bonds. The van der Waals surface area contributed by atoms with Gasteiger partial charge < -0.3 is 15.5 Å². The molecule has 6 nitrogen and oxygen atoms in total. The zero-order valence-electron chi connectivity index (χ0n) is 16.8. The Hall–Kier alpha value is -1.11. The van der Waals surface area contributed by atoms with Crippen molar-refractivity contribution in [3.05, 3.63) is 0 Å². The van der Waals surface area contributed by atoms with Crippen molar-refractivity contribution < 1.29 is 9.00 Å². The summed E-state index contributed by atoms with van der Waals surface area (Å²) in [5, 5.41) is 7.20. The smallest absolute Gasteiger partial charge is 0.230 e. The highest BCUT2D eigenvalue weighted by Gasteiger charge is 2.42. The summed E-state index contributed by atoms with van der Waals surface area (Å²) < 4.78 is 12.1. The number of nitrogens with zero attached hydrogens (tertiary/aromatic N) is 2. The normalized spacial score (nSPS) is 27.0. The van der Waals surface area contributed by atoms with Crippen molar-refractivity contribution in [3.8, 4) is 0 Å². The predicted octanol–water partition coefficient (Wildman–Crippen LogP) is 1.88. The molecule has 150 valence electrons. The van der Waals surface area contributed by atoms with Crippen LogP contribution in [0.15, 0.2) is 4.99 Å². The summed E-state index contributed by atoms with van der Waals surface area (Å²) in [5.74, 6) is 1.71. The van der Waals surface area contributed by atoms with Crippen LogP contribution in [0.2, 0.25) is 0 Å². The van der Waals surface area contributed by atoms with Crippen LogP contribution >= 0.6 is 0 Å². The molecule has 0 saturated heterocycles. The summed E-state index contributed by atoms with van der Waals surface area (Å²) >= 11 is 0. The Balaban J connectivity index is 1.92. The minimum Gasteiger partial charge on any atom is -0.355 e. The van der Waals surface area contributed by atoms with Crippen molar-refractivity contribution >= 4 is 22.7 Å². The predicted molar refractivity (Wildman–Crippen MR) is 109 cm³/mol. The maximum atomic E-state index is 12.7. The van der Waals surface area contributed by atoms with E-state index in [0.717, 1.165) is 63.1 Å². The van der Waals surface area contributed by atoms with Crippen molar-refractivity contribution in [3.63, 3.8) is 0 Å². The van der Waals surface area contributed by atoms with Gasteiger partial charge in [-0.25, -0.2) is 0 Å². The largest absolute Gasteiger partial charge is 0.355 e. The summed E-state index contributed by atoms with van der Waals surface area (Å²) in [6.45, 7) is 2.62. The number of guanidine groups is 1. The van der Waals surface area contributed by atoms with Gasteiger partial charge in [0.2, 0.25) is 5.91 Å². The van der Waals surface area contributed by atoms with E-state index >= 15 is 0 Å². The first-order valence-electron chi connectivity index (χ1n) is 9.98. The Morgan fingerprint density at radius 3 is 2.50 bits per heavy atom. The number of carbonyl (C=O) groups excluding carboxylic acids is 1. The first-order chi connectivity index (χ1) is 12.4. The van der Waals surface area contributed by atoms with Crippen LogP contribution in [0.25, 0.3) is 0 Å². The standard InChI is InChI=1S/C19H36N4O2S/c1-5-26(25)16-10-8-9-15(13-16)22-18(20-2)21-14-19(11-6-7-12-19)17(24)23(3)4/h15-16H,5-14H2,1-4H3,(H2,20,21,22). The third-order valence-electron chi connectivity index (χ3n) is 5.86. The van der Waals surface area contributed by atoms with Crippen LogP contribution in [-0.2, 0) is 15.6 Å². The van der Waals surface area contributed by atoms with E-state index in [1.807, 2.05) is 21.0 Å². The molecule has 0 bridgehead atoms. The van der Waals surface area contributed by atoms with Gasteiger partial charge in [0.25, 0.3) is 0 Å². The highest BCUT2D eigenvalue weighted by Crippen LogP contribution is 2.38. The van der Waals surface area contributed by atoms with Gasteiger partial charge in [-0.15, -0.1) is 0 Å². The quantitative estimate of drug-likeness (QED) is 0.542. The average Bonchev–Trinajstić information content (AvgIpc) is 3.14. The van der Waals surface area contributed by atoms with E-state index in [0.29, 0.717) is 17.8 Å². The molecule has 3 unspecified atom stereocenters.